The number of carbonyl (C=O) groups excluding carboxylic acids is 1. The molecule has 3 rings (SSSR count). The highest BCUT2D eigenvalue weighted by Crippen LogP contribution is 2.32. The first-order valence-electron chi connectivity index (χ1n) is 9.72. The second-order valence-electron chi connectivity index (χ2n) is 8.30. The molecule has 0 saturated heterocycles. The van der Waals surface area contributed by atoms with Crippen LogP contribution in [0.2, 0.25) is 0 Å². The lowest BCUT2D eigenvalue weighted by molar-refractivity contribution is -0.125. The Morgan fingerprint density at radius 1 is 1.00 bits per heavy atom. The van der Waals surface area contributed by atoms with E-state index in [1.807, 2.05) is 20.8 Å². The molecule has 0 heterocycles. The maximum atomic E-state index is 13.3. The summed E-state index contributed by atoms with van der Waals surface area (Å²) < 4.78 is 13.3. The smallest absolute Gasteiger partial charge is 0.232 e. The van der Waals surface area contributed by atoms with Gasteiger partial charge in [0.15, 0.2) is 0 Å². The Hall–Kier alpha value is -2.36. The topological polar surface area (TPSA) is 23.6 Å². The Morgan fingerprint density at radius 3 is 2.04 bits per heavy atom. The fraction of sp³-hybridized carbons (Fsp3) is 0.435. The number of nitrogens with zero attached hydrogens (tertiary/aromatic N) is 2. The van der Waals surface area contributed by atoms with Gasteiger partial charge >= 0.3 is 0 Å². The van der Waals surface area contributed by atoms with Gasteiger partial charge in [0.1, 0.15) is 5.82 Å². The molecule has 0 aliphatic heterocycles. The van der Waals surface area contributed by atoms with Crippen molar-refractivity contribution in [2.75, 3.05) is 16.3 Å². The van der Waals surface area contributed by atoms with Gasteiger partial charge in [-0.05, 0) is 61.7 Å². The van der Waals surface area contributed by atoms with Crippen molar-refractivity contribution < 1.29 is 9.18 Å². The summed E-state index contributed by atoms with van der Waals surface area (Å²) in [6.07, 6.45) is 2.54. The van der Waals surface area contributed by atoms with E-state index in [9.17, 15) is 9.18 Å². The number of benzene rings is 2. The fourth-order valence-electron chi connectivity index (χ4n) is 3.32. The van der Waals surface area contributed by atoms with E-state index in [1.54, 1.807) is 17.0 Å². The van der Waals surface area contributed by atoms with Gasteiger partial charge < -0.3 is 9.80 Å². The molecule has 1 aliphatic carbocycles. The summed E-state index contributed by atoms with van der Waals surface area (Å²) in [4.78, 5) is 17.2. The van der Waals surface area contributed by atoms with Gasteiger partial charge in [0.25, 0.3) is 0 Å². The zero-order chi connectivity index (χ0) is 19.6. The van der Waals surface area contributed by atoms with Crippen LogP contribution in [0.4, 0.5) is 15.8 Å². The predicted molar refractivity (Wildman–Crippen MR) is 110 cm³/mol. The molecule has 0 unspecified atom stereocenters. The molecule has 0 spiro atoms. The zero-order valence-corrected chi connectivity index (χ0v) is 16.7. The van der Waals surface area contributed by atoms with E-state index in [2.05, 4.69) is 36.1 Å². The number of amides is 1. The molecule has 1 fully saturated rings. The summed E-state index contributed by atoms with van der Waals surface area (Å²) in [6.45, 7) is 9.38. The van der Waals surface area contributed by atoms with Crippen molar-refractivity contribution in [2.45, 2.75) is 53.1 Å². The van der Waals surface area contributed by atoms with Crippen LogP contribution in [0.25, 0.3) is 0 Å². The summed E-state index contributed by atoms with van der Waals surface area (Å²) >= 11 is 0. The van der Waals surface area contributed by atoms with Gasteiger partial charge in [-0.15, -0.1) is 0 Å². The summed E-state index contributed by atoms with van der Waals surface area (Å²) in [5, 5.41) is 0. The van der Waals surface area contributed by atoms with E-state index in [0.29, 0.717) is 18.3 Å². The van der Waals surface area contributed by atoms with E-state index >= 15 is 0 Å². The zero-order valence-electron chi connectivity index (χ0n) is 16.7. The molecule has 1 aliphatic rings. The molecule has 0 atom stereocenters. The summed E-state index contributed by atoms with van der Waals surface area (Å²) in [7, 11) is 0. The summed E-state index contributed by atoms with van der Waals surface area (Å²) in [5.41, 5.74) is 2.50. The second kappa shape index (κ2) is 7.71. The van der Waals surface area contributed by atoms with Crippen LogP contribution in [0.15, 0.2) is 48.5 Å². The normalized spacial score (nSPS) is 14.1. The number of carbonyl (C=O) groups is 1. The Labute approximate surface area is 161 Å². The SMILES string of the molecule is CCN(c1ccc(CN(C(=O)C(C)(C)C)c2ccc(F)cc2)cc1)C1CC1. The Morgan fingerprint density at radius 2 is 1.56 bits per heavy atom. The minimum absolute atomic E-state index is 0.0198. The van der Waals surface area contributed by atoms with Crippen molar-refractivity contribution in [3.8, 4) is 0 Å². The minimum Gasteiger partial charge on any atom is -0.369 e. The van der Waals surface area contributed by atoms with Gasteiger partial charge in [0.2, 0.25) is 5.91 Å². The van der Waals surface area contributed by atoms with Crippen LogP contribution in [0.5, 0.6) is 0 Å². The van der Waals surface area contributed by atoms with Crippen molar-refractivity contribution >= 4 is 17.3 Å². The second-order valence-corrected chi connectivity index (χ2v) is 8.30. The molecular weight excluding hydrogens is 339 g/mol. The van der Waals surface area contributed by atoms with Crippen molar-refractivity contribution in [2.24, 2.45) is 5.41 Å². The Balaban J connectivity index is 1.83. The first kappa shape index (κ1) is 19.4. The average molecular weight is 368 g/mol. The molecule has 0 radical (unpaired) electrons. The van der Waals surface area contributed by atoms with E-state index in [-0.39, 0.29) is 11.7 Å². The number of anilines is 2. The predicted octanol–water partition coefficient (Wildman–Crippen LogP) is 5.39. The number of hydrogen-bond acceptors (Lipinski definition) is 2. The molecule has 0 N–H and O–H groups in total. The molecule has 2 aromatic rings. The minimum atomic E-state index is -0.515. The summed E-state index contributed by atoms with van der Waals surface area (Å²) in [6, 6.07) is 15.3. The monoisotopic (exact) mass is 368 g/mol. The number of rotatable bonds is 6. The van der Waals surface area contributed by atoms with Gasteiger partial charge in [0, 0.05) is 29.4 Å². The fourth-order valence-corrected chi connectivity index (χ4v) is 3.32. The van der Waals surface area contributed by atoms with E-state index in [1.165, 1.54) is 30.7 Å². The van der Waals surface area contributed by atoms with Crippen LogP contribution in [0.3, 0.4) is 0 Å². The van der Waals surface area contributed by atoms with Gasteiger partial charge in [-0.1, -0.05) is 32.9 Å². The number of halogens is 1. The highest BCUT2D eigenvalue weighted by Gasteiger charge is 2.29. The molecule has 0 aromatic heterocycles. The molecule has 3 nitrogen and oxygen atoms in total. The molecule has 2 aromatic carbocycles. The third-order valence-electron chi connectivity index (χ3n) is 4.96. The van der Waals surface area contributed by atoms with Crippen LogP contribution < -0.4 is 9.80 Å². The van der Waals surface area contributed by atoms with Gasteiger partial charge in [0.05, 0.1) is 6.54 Å². The third kappa shape index (κ3) is 4.68. The molecule has 27 heavy (non-hydrogen) atoms. The van der Waals surface area contributed by atoms with Crippen LogP contribution in [0.1, 0.15) is 46.1 Å². The quantitative estimate of drug-likeness (QED) is 0.682. The lowest BCUT2D eigenvalue weighted by Gasteiger charge is -2.30. The molecular formula is C23H29FN2O. The Kier molecular flexibility index (Phi) is 5.54. The van der Waals surface area contributed by atoms with Crippen LogP contribution in [0, 0.1) is 11.2 Å². The van der Waals surface area contributed by atoms with Crippen LogP contribution in [-0.2, 0) is 11.3 Å². The maximum absolute atomic E-state index is 13.3. The highest BCUT2D eigenvalue weighted by atomic mass is 19.1. The molecule has 4 heteroatoms. The van der Waals surface area contributed by atoms with Crippen LogP contribution >= 0.6 is 0 Å². The van der Waals surface area contributed by atoms with E-state index in [4.69, 9.17) is 0 Å². The molecule has 0 bridgehead atoms. The molecule has 144 valence electrons. The first-order valence-corrected chi connectivity index (χ1v) is 9.72. The van der Waals surface area contributed by atoms with E-state index < -0.39 is 5.41 Å². The highest BCUT2D eigenvalue weighted by molar-refractivity contribution is 5.96. The van der Waals surface area contributed by atoms with Gasteiger partial charge in [-0.25, -0.2) is 4.39 Å². The van der Waals surface area contributed by atoms with Gasteiger partial charge in [-0.2, -0.15) is 0 Å². The van der Waals surface area contributed by atoms with Crippen molar-refractivity contribution in [3.63, 3.8) is 0 Å². The largest absolute Gasteiger partial charge is 0.369 e. The lowest BCUT2D eigenvalue weighted by Crippen LogP contribution is -2.39. The van der Waals surface area contributed by atoms with Crippen molar-refractivity contribution in [3.05, 3.63) is 59.9 Å². The van der Waals surface area contributed by atoms with Crippen molar-refractivity contribution in [1.29, 1.82) is 0 Å². The van der Waals surface area contributed by atoms with E-state index in [0.717, 1.165) is 12.1 Å². The van der Waals surface area contributed by atoms with Crippen molar-refractivity contribution in [1.82, 2.24) is 0 Å². The summed E-state index contributed by atoms with van der Waals surface area (Å²) in [5.74, 6) is -0.280. The maximum Gasteiger partial charge on any atom is 0.232 e. The van der Waals surface area contributed by atoms with Gasteiger partial charge in [-0.3, -0.25) is 4.79 Å². The third-order valence-corrected chi connectivity index (χ3v) is 4.96. The lowest BCUT2D eigenvalue weighted by atomic mass is 9.94. The Bertz CT molecular complexity index is 774. The molecule has 1 amide bonds. The molecule has 1 saturated carbocycles. The standard InChI is InChI=1S/C23H29FN2O/c1-5-25(20-14-15-20)19-10-6-17(7-11-19)16-26(22(27)23(2,3)4)21-12-8-18(24)9-13-21/h6-13,20H,5,14-16H2,1-4H3. The van der Waals surface area contributed by atoms with Crippen LogP contribution in [-0.4, -0.2) is 18.5 Å². The first-order chi connectivity index (χ1) is 12.8. The average Bonchev–Trinajstić information content (AvgIpc) is 3.46. The number of hydrogen-bond donors (Lipinski definition) is 0.